The minimum Gasteiger partial charge on any atom is -0.395 e. The molecule has 0 aliphatic carbocycles. The van der Waals surface area contributed by atoms with Crippen molar-refractivity contribution in [2.24, 2.45) is 0 Å². The van der Waals surface area contributed by atoms with Crippen LogP contribution in [0.3, 0.4) is 0 Å². The summed E-state index contributed by atoms with van der Waals surface area (Å²) in [4.78, 5) is 24.4. The first-order chi connectivity index (χ1) is 15.5. The highest BCUT2D eigenvalue weighted by atomic mass is 35.5. The van der Waals surface area contributed by atoms with Crippen molar-refractivity contribution < 1.29 is 9.90 Å². The maximum absolute atomic E-state index is 12.2. The highest BCUT2D eigenvalue weighted by molar-refractivity contribution is 6.30. The van der Waals surface area contributed by atoms with Crippen LogP contribution in [0.1, 0.15) is 21.7 Å². The summed E-state index contributed by atoms with van der Waals surface area (Å²) in [5, 5.41) is 12.3. The molecule has 2 aromatic heterocycles. The predicted octanol–water partition coefficient (Wildman–Crippen LogP) is 4.82. The number of H-pyrrole nitrogens is 1. The lowest BCUT2D eigenvalue weighted by molar-refractivity contribution is 0.0939. The lowest BCUT2D eigenvalue weighted by atomic mass is 10.1. The number of nitrogens with zero attached hydrogens (tertiary/aromatic N) is 2. The monoisotopic (exact) mass is 448 g/mol. The zero-order chi connectivity index (χ0) is 22.9. The Morgan fingerprint density at radius 3 is 2.28 bits per heavy atom. The van der Waals surface area contributed by atoms with Crippen LogP contribution in [0.2, 0.25) is 5.02 Å². The molecule has 6 nitrogen and oxygen atoms in total. The number of hydrogen-bond donors (Lipinski definition) is 3. The molecule has 0 aliphatic rings. The molecule has 0 aliphatic heterocycles. The second-order valence-corrected chi connectivity index (χ2v) is 7.47. The number of amides is 1. The number of carbonyl (C=O) groups excluding carboxylic acids is 1. The van der Waals surface area contributed by atoms with Gasteiger partial charge >= 0.3 is 0 Å². The van der Waals surface area contributed by atoms with Gasteiger partial charge in [0.1, 0.15) is 5.69 Å². The summed E-state index contributed by atoms with van der Waals surface area (Å²) < 4.78 is 0. The van der Waals surface area contributed by atoms with Gasteiger partial charge in [-0.2, -0.15) is 0 Å². The highest BCUT2D eigenvalue weighted by Crippen LogP contribution is 2.29. The molecule has 0 radical (unpaired) electrons. The molecule has 164 valence electrons. The first-order valence-corrected chi connectivity index (χ1v) is 10.6. The summed E-state index contributed by atoms with van der Waals surface area (Å²) in [6.07, 6.45) is 1.72. The molecule has 0 bridgehead atoms. The Hall–Kier alpha value is -3.48. The number of aromatic nitrogens is 3. The molecule has 32 heavy (non-hydrogen) atoms. The average Bonchev–Trinajstić information content (AvgIpc) is 3.13. The van der Waals surface area contributed by atoms with Gasteiger partial charge in [0.25, 0.3) is 5.91 Å². The maximum Gasteiger partial charge on any atom is 0.268 e. The van der Waals surface area contributed by atoms with Crippen LogP contribution in [-0.4, -0.2) is 39.1 Å². The molecule has 2 aromatic carbocycles. The summed E-state index contributed by atoms with van der Waals surface area (Å²) in [6.45, 7) is 3.92. The number of aryl methyl sites for hydroxylation is 1. The topological polar surface area (TPSA) is 90.9 Å². The number of benzene rings is 2. The lowest BCUT2D eigenvalue weighted by Crippen LogP contribution is -2.27. The molecule has 0 spiro atoms. The van der Waals surface area contributed by atoms with Gasteiger partial charge in [0.05, 0.1) is 12.3 Å². The number of hydrogen-bond acceptors (Lipinski definition) is 4. The number of rotatable bonds is 5. The molecule has 0 saturated carbocycles. The second-order valence-electron chi connectivity index (χ2n) is 7.03. The zero-order valence-electron chi connectivity index (χ0n) is 18.0. The molecule has 0 atom stereocenters. The molecule has 4 aromatic rings. The van der Waals surface area contributed by atoms with Gasteiger partial charge in [0.15, 0.2) is 5.82 Å². The third-order valence-corrected chi connectivity index (χ3v) is 4.99. The van der Waals surface area contributed by atoms with Crippen molar-refractivity contribution in [2.75, 3.05) is 13.2 Å². The van der Waals surface area contributed by atoms with E-state index >= 15 is 0 Å². The number of aliphatic hydroxyl groups excluding tert-OH is 1. The Labute approximate surface area is 192 Å². The Morgan fingerprint density at radius 2 is 1.69 bits per heavy atom. The molecule has 4 rings (SSSR count). The fraction of sp³-hybridized carbons (Fsp3) is 0.160. The van der Waals surface area contributed by atoms with Crippen molar-refractivity contribution in [3.63, 3.8) is 0 Å². The highest BCUT2D eigenvalue weighted by Gasteiger charge is 2.19. The van der Waals surface area contributed by atoms with Crippen LogP contribution in [0.25, 0.3) is 22.6 Å². The van der Waals surface area contributed by atoms with Crippen molar-refractivity contribution in [2.45, 2.75) is 13.8 Å². The fourth-order valence-corrected chi connectivity index (χ4v) is 3.40. The first-order valence-electron chi connectivity index (χ1n) is 10.2. The SMILES string of the molecule is Cc1[nH]c(C(=O)NCCO)c(C)c1-c1ccnc(-c2ccccc2)n1.Clc1ccccc1. The minimum atomic E-state index is -0.238. The van der Waals surface area contributed by atoms with E-state index in [-0.39, 0.29) is 19.1 Å². The molecule has 0 fully saturated rings. The Bertz CT molecular complexity index is 1160. The summed E-state index contributed by atoms with van der Waals surface area (Å²) in [7, 11) is 0. The summed E-state index contributed by atoms with van der Waals surface area (Å²) in [6, 6.07) is 21.0. The van der Waals surface area contributed by atoms with Crippen molar-refractivity contribution in [3.05, 3.63) is 94.9 Å². The van der Waals surface area contributed by atoms with Crippen LogP contribution >= 0.6 is 11.6 Å². The van der Waals surface area contributed by atoms with Crippen molar-refractivity contribution in [3.8, 4) is 22.6 Å². The molecular weight excluding hydrogens is 424 g/mol. The van der Waals surface area contributed by atoms with E-state index in [1.165, 1.54) is 0 Å². The summed E-state index contributed by atoms with van der Waals surface area (Å²) in [5.74, 6) is 0.405. The minimum absolute atomic E-state index is 0.0936. The van der Waals surface area contributed by atoms with E-state index < -0.39 is 0 Å². The van der Waals surface area contributed by atoms with Gasteiger partial charge < -0.3 is 15.4 Å². The Kier molecular flexibility index (Phi) is 8.14. The number of aliphatic hydroxyl groups is 1. The molecular formula is C25H25ClN4O2. The van der Waals surface area contributed by atoms with Crippen molar-refractivity contribution in [1.82, 2.24) is 20.3 Å². The van der Waals surface area contributed by atoms with E-state index in [9.17, 15) is 4.79 Å². The van der Waals surface area contributed by atoms with E-state index in [4.69, 9.17) is 16.7 Å². The van der Waals surface area contributed by atoms with E-state index in [1.54, 1.807) is 6.20 Å². The van der Waals surface area contributed by atoms with Gasteiger partial charge in [0, 0.05) is 34.6 Å². The van der Waals surface area contributed by atoms with Crippen LogP contribution in [0.5, 0.6) is 0 Å². The molecule has 0 saturated heterocycles. The van der Waals surface area contributed by atoms with E-state index in [2.05, 4.69) is 20.3 Å². The van der Waals surface area contributed by atoms with E-state index in [1.807, 2.05) is 80.6 Å². The summed E-state index contributed by atoms with van der Waals surface area (Å²) >= 11 is 5.54. The molecule has 3 N–H and O–H groups in total. The van der Waals surface area contributed by atoms with E-state index in [0.29, 0.717) is 11.5 Å². The Morgan fingerprint density at radius 1 is 1.03 bits per heavy atom. The standard InChI is InChI=1S/C19H20N4O2.C6H5Cl/c1-12-16(13(2)22-17(12)19(25)21-10-11-24)15-8-9-20-18(23-15)14-6-4-3-5-7-14;7-6-4-2-1-3-5-6/h3-9,22,24H,10-11H2,1-2H3,(H,21,25);1-5H. The lowest BCUT2D eigenvalue weighted by Gasteiger charge is -2.06. The normalized spacial score (nSPS) is 10.2. The van der Waals surface area contributed by atoms with Crippen molar-refractivity contribution in [1.29, 1.82) is 0 Å². The van der Waals surface area contributed by atoms with Gasteiger partial charge in [-0.1, -0.05) is 60.1 Å². The smallest absolute Gasteiger partial charge is 0.268 e. The van der Waals surface area contributed by atoms with Crippen LogP contribution in [0.15, 0.2) is 72.9 Å². The first kappa shape index (κ1) is 23.2. The molecule has 7 heteroatoms. The maximum atomic E-state index is 12.2. The number of nitrogens with one attached hydrogen (secondary N) is 2. The Balaban J connectivity index is 0.000000352. The van der Waals surface area contributed by atoms with Gasteiger partial charge in [0.2, 0.25) is 0 Å². The van der Waals surface area contributed by atoms with Crippen LogP contribution in [0, 0.1) is 13.8 Å². The molecule has 1 amide bonds. The second kappa shape index (κ2) is 11.2. The third-order valence-electron chi connectivity index (χ3n) is 4.74. The quantitative estimate of drug-likeness (QED) is 0.408. The fourth-order valence-electron chi connectivity index (χ4n) is 3.26. The number of carbonyl (C=O) groups is 1. The van der Waals surface area contributed by atoms with Crippen LogP contribution < -0.4 is 5.32 Å². The van der Waals surface area contributed by atoms with Gasteiger partial charge in [-0.15, -0.1) is 0 Å². The van der Waals surface area contributed by atoms with Crippen LogP contribution in [0.4, 0.5) is 0 Å². The predicted molar refractivity (Wildman–Crippen MR) is 128 cm³/mol. The average molecular weight is 449 g/mol. The van der Waals surface area contributed by atoms with Crippen LogP contribution in [-0.2, 0) is 0 Å². The molecule has 2 heterocycles. The zero-order valence-corrected chi connectivity index (χ0v) is 18.7. The van der Waals surface area contributed by atoms with Gasteiger partial charge in [-0.3, -0.25) is 4.79 Å². The van der Waals surface area contributed by atoms with Gasteiger partial charge in [-0.05, 0) is 37.6 Å². The number of aromatic amines is 1. The molecule has 0 unspecified atom stereocenters. The third kappa shape index (κ3) is 5.81. The largest absolute Gasteiger partial charge is 0.395 e. The van der Waals surface area contributed by atoms with E-state index in [0.717, 1.165) is 33.1 Å². The van der Waals surface area contributed by atoms with Gasteiger partial charge in [-0.25, -0.2) is 9.97 Å². The number of halogens is 1. The van der Waals surface area contributed by atoms with Crippen molar-refractivity contribution >= 4 is 17.5 Å². The summed E-state index contributed by atoms with van der Waals surface area (Å²) in [5.41, 5.74) is 4.78.